The molecule has 0 aliphatic carbocycles. The zero-order valence-electron chi connectivity index (χ0n) is 14.9. The van der Waals surface area contributed by atoms with E-state index < -0.39 is 11.7 Å². The van der Waals surface area contributed by atoms with Crippen LogP contribution in [-0.2, 0) is 12.7 Å². The summed E-state index contributed by atoms with van der Waals surface area (Å²) in [4.78, 5) is 8.37. The van der Waals surface area contributed by atoms with E-state index in [0.29, 0.717) is 17.3 Å². The monoisotopic (exact) mass is 422 g/mol. The molecule has 3 aromatic rings. The van der Waals surface area contributed by atoms with Gasteiger partial charge in [-0.1, -0.05) is 23.7 Å². The molecule has 0 atom stereocenters. The predicted octanol–water partition coefficient (Wildman–Crippen LogP) is 5.64. The summed E-state index contributed by atoms with van der Waals surface area (Å²) >= 11 is 7.13. The maximum Gasteiger partial charge on any atom is 0.417 e. The van der Waals surface area contributed by atoms with Crippen molar-refractivity contribution in [2.45, 2.75) is 36.8 Å². The fourth-order valence-electron chi connectivity index (χ4n) is 2.55. The summed E-state index contributed by atoms with van der Waals surface area (Å²) in [5.74, 6) is 0. The van der Waals surface area contributed by atoms with Gasteiger partial charge in [-0.3, -0.25) is 0 Å². The lowest BCUT2D eigenvalue weighted by molar-refractivity contribution is -0.137. The molecule has 144 valence electrons. The van der Waals surface area contributed by atoms with Crippen LogP contribution in [0.2, 0.25) is 5.02 Å². The van der Waals surface area contributed by atoms with Gasteiger partial charge in [0.15, 0.2) is 5.16 Å². The van der Waals surface area contributed by atoms with E-state index >= 15 is 0 Å². The minimum Gasteiger partial charge on any atom is -0.318 e. The standard InChI is InChI=1S/C19H14ClF3N4S/c1-11-12(2)27(10-14-5-3-4-13(6-14)8-24)18(26-11)28-17-16(20)7-15(9-25-17)19(21,22)23/h3-7,9H,10H2,1-2H3. The number of halogens is 4. The first-order chi connectivity index (χ1) is 13.2. The van der Waals surface area contributed by atoms with Gasteiger partial charge in [0.2, 0.25) is 0 Å². The van der Waals surface area contributed by atoms with Crippen molar-refractivity contribution in [3.8, 4) is 6.07 Å². The minimum atomic E-state index is -4.50. The van der Waals surface area contributed by atoms with Crippen LogP contribution in [0.1, 0.15) is 28.1 Å². The summed E-state index contributed by atoms with van der Waals surface area (Å²) in [6.45, 7) is 4.22. The number of nitriles is 1. The quantitative estimate of drug-likeness (QED) is 0.546. The number of aromatic nitrogens is 3. The Morgan fingerprint density at radius 3 is 2.64 bits per heavy atom. The summed E-state index contributed by atoms with van der Waals surface area (Å²) < 4.78 is 40.3. The number of aryl methyl sites for hydroxylation is 1. The fraction of sp³-hybridized carbons (Fsp3) is 0.211. The first-order valence-electron chi connectivity index (χ1n) is 8.12. The molecule has 28 heavy (non-hydrogen) atoms. The molecule has 0 aliphatic heterocycles. The molecule has 0 bridgehead atoms. The van der Waals surface area contributed by atoms with E-state index in [4.69, 9.17) is 16.9 Å². The van der Waals surface area contributed by atoms with Gasteiger partial charge in [-0.15, -0.1) is 0 Å². The Bertz CT molecular complexity index is 1070. The molecule has 4 nitrogen and oxygen atoms in total. The number of imidazole rings is 1. The zero-order chi connectivity index (χ0) is 20.5. The first-order valence-corrected chi connectivity index (χ1v) is 9.32. The Morgan fingerprint density at radius 2 is 2.00 bits per heavy atom. The average Bonchev–Trinajstić information content (AvgIpc) is 2.90. The summed E-state index contributed by atoms with van der Waals surface area (Å²) in [6.07, 6.45) is -3.74. The van der Waals surface area contributed by atoms with Gasteiger partial charge < -0.3 is 4.57 Å². The molecule has 0 radical (unpaired) electrons. The Labute approximate surface area is 169 Å². The predicted molar refractivity (Wildman–Crippen MR) is 100 cm³/mol. The molecule has 2 aromatic heterocycles. The van der Waals surface area contributed by atoms with Crippen molar-refractivity contribution in [1.29, 1.82) is 5.26 Å². The second-order valence-corrected chi connectivity index (χ2v) is 7.44. The van der Waals surface area contributed by atoms with E-state index in [2.05, 4.69) is 16.0 Å². The minimum absolute atomic E-state index is 0.0869. The average molecular weight is 423 g/mol. The van der Waals surface area contributed by atoms with Gasteiger partial charge in [-0.2, -0.15) is 18.4 Å². The molecule has 0 amide bonds. The molecule has 0 fully saturated rings. The van der Waals surface area contributed by atoms with Crippen LogP contribution in [0.3, 0.4) is 0 Å². The van der Waals surface area contributed by atoms with Crippen LogP contribution in [0.15, 0.2) is 46.7 Å². The van der Waals surface area contributed by atoms with E-state index in [1.54, 1.807) is 18.2 Å². The molecule has 0 saturated carbocycles. The molecule has 9 heteroatoms. The van der Waals surface area contributed by atoms with E-state index in [1.807, 2.05) is 24.5 Å². The SMILES string of the molecule is Cc1nc(Sc2ncc(C(F)(F)F)cc2Cl)n(Cc2cccc(C#N)c2)c1C. The summed E-state index contributed by atoms with van der Waals surface area (Å²) in [7, 11) is 0. The summed E-state index contributed by atoms with van der Waals surface area (Å²) in [6, 6.07) is 10.2. The lowest BCUT2D eigenvalue weighted by Gasteiger charge is -2.12. The van der Waals surface area contributed by atoms with Crippen LogP contribution in [0.5, 0.6) is 0 Å². The van der Waals surface area contributed by atoms with Crippen LogP contribution in [0, 0.1) is 25.2 Å². The van der Waals surface area contributed by atoms with Gasteiger partial charge in [0, 0.05) is 18.4 Å². The van der Waals surface area contributed by atoms with E-state index in [9.17, 15) is 13.2 Å². The molecule has 1 aromatic carbocycles. The largest absolute Gasteiger partial charge is 0.417 e. The van der Waals surface area contributed by atoms with Crippen LogP contribution in [0.25, 0.3) is 0 Å². The summed E-state index contributed by atoms with van der Waals surface area (Å²) in [5, 5.41) is 9.79. The van der Waals surface area contributed by atoms with Crippen molar-refractivity contribution in [3.05, 3.63) is 69.6 Å². The van der Waals surface area contributed by atoms with Crippen molar-refractivity contribution in [2.75, 3.05) is 0 Å². The van der Waals surface area contributed by atoms with Crippen molar-refractivity contribution in [2.24, 2.45) is 0 Å². The van der Waals surface area contributed by atoms with Gasteiger partial charge in [-0.05, 0) is 49.4 Å². The van der Waals surface area contributed by atoms with Crippen LogP contribution in [0.4, 0.5) is 13.2 Å². The van der Waals surface area contributed by atoms with Gasteiger partial charge in [-0.25, -0.2) is 9.97 Å². The maximum atomic E-state index is 12.8. The van der Waals surface area contributed by atoms with Gasteiger partial charge in [0.25, 0.3) is 0 Å². The Kier molecular flexibility index (Phi) is 5.68. The second-order valence-electron chi connectivity index (χ2n) is 6.07. The number of benzene rings is 1. The summed E-state index contributed by atoms with van der Waals surface area (Å²) in [5.41, 5.74) is 2.27. The van der Waals surface area contributed by atoms with Crippen molar-refractivity contribution in [1.82, 2.24) is 14.5 Å². The molecular formula is C19H14ClF3N4S. The van der Waals surface area contributed by atoms with Crippen molar-refractivity contribution in [3.63, 3.8) is 0 Å². The molecule has 0 unspecified atom stereocenters. The van der Waals surface area contributed by atoms with Crippen LogP contribution >= 0.6 is 23.4 Å². The third-order valence-electron chi connectivity index (χ3n) is 4.14. The number of rotatable bonds is 4. The smallest absolute Gasteiger partial charge is 0.318 e. The molecule has 0 N–H and O–H groups in total. The highest BCUT2D eigenvalue weighted by Crippen LogP contribution is 2.36. The zero-order valence-corrected chi connectivity index (χ0v) is 16.5. The molecule has 0 spiro atoms. The third-order valence-corrected chi connectivity index (χ3v) is 5.56. The molecule has 3 rings (SSSR count). The maximum absolute atomic E-state index is 12.8. The lowest BCUT2D eigenvalue weighted by Crippen LogP contribution is -2.06. The van der Waals surface area contributed by atoms with E-state index in [-0.39, 0.29) is 10.0 Å². The van der Waals surface area contributed by atoms with Crippen molar-refractivity contribution >= 4 is 23.4 Å². The lowest BCUT2D eigenvalue weighted by atomic mass is 10.1. The first kappa shape index (κ1) is 20.2. The second kappa shape index (κ2) is 7.86. The molecule has 0 aliphatic rings. The van der Waals surface area contributed by atoms with Crippen molar-refractivity contribution < 1.29 is 13.2 Å². The number of hydrogen-bond acceptors (Lipinski definition) is 4. The van der Waals surface area contributed by atoms with Gasteiger partial charge >= 0.3 is 6.18 Å². The number of nitrogens with zero attached hydrogens (tertiary/aromatic N) is 4. The highest BCUT2D eigenvalue weighted by atomic mass is 35.5. The number of hydrogen-bond donors (Lipinski definition) is 0. The van der Waals surface area contributed by atoms with E-state index in [1.165, 1.54) is 0 Å². The van der Waals surface area contributed by atoms with Gasteiger partial charge in [0.1, 0.15) is 5.03 Å². The topological polar surface area (TPSA) is 54.5 Å². The Hall–Kier alpha value is -2.50. The molecular weight excluding hydrogens is 409 g/mol. The number of alkyl halides is 3. The molecule has 2 heterocycles. The Morgan fingerprint density at radius 1 is 1.25 bits per heavy atom. The fourth-order valence-corrected chi connectivity index (χ4v) is 3.76. The Balaban J connectivity index is 1.93. The van der Waals surface area contributed by atoms with Gasteiger partial charge in [0.05, 0.1) is 27.9 Å². The highest BCUT2D eigenvalue weighted by molar-refractivity contribution is 7.99. The van der Waals surface area contributed by atoms with Crippen LogP contribution in [-0.4, -0.2) is 14.5 Å². The van der Waals surface area contributed by atoms with Crippen LogP contribution < -0.4 is 0 Å². The van der Waals surface area contributed by atoms with E-state index in [0.717, 1.165) is 41.0 Å². The number of pyridine rings is 1. The normalized spacial score (nSPS) is 11.5. The third kappa shape index (κ3) is 4.32. The highest BCUT2D eigenvalue weighted by Gasteiger charge is 2.31. The molecule has 0 saturated heterocycles.